The third kappa shape index (κ3) is 3.83. The fourth-order valence-electron chi connectivity index (χ4n) is 3.31. The standard InChI is InChI=1S/C23H17F2N5O2/c1-12-11-27-9-7-13(12)14-8-10-28-22(31)20(14)30-23(32)21-17(26)5-6-18(29-21)19-15(24)3-2-4-16(19)25/h2-11H,26H2,1H3,(H,28,31)(H,30,32). The molecule has 1 aromatic carbocycles. The molecule has 0 fully saturated rings. The maximum Gasteiger partial charge on any atom is 0.276 e. The average molecular weight is 433 g/mol. The molecule has 32 heavy (non-hydrogen) atoms. The Balaban J connectivity index is 1.77. The Bertz CT molecular complexity index is 1380. The molecule has 3 heterocycles. The number of nitrogens with two attached hydrogens (primary N) is 1. The predicted molar refractivity (Wildman–Crippen MR) is 117 cm³/mol. The lowest BCUT2D eigenvalue weighted by atomic mass is 10.0. The maximum absolute atomic E-state index is 14.2. The topological polar surface area (TPSA) is 114 Å². The van der Waals surface area contributed by atoms with E-state index in [-0.39, 0.29) is 28.3 Å². The molecule has 4 aromatic rings. The number of pyridine rings is 3. The van der Waals surface area contributed by atoms with Crippen LogP contribution in [0.4, 0.5) is 20.2 Å². The summed E-state index contributed by atoms with van der Waals surface area (Å²) in [6.07, 6.45) is 4.66. The quantitative estimate of drug-likeness (QED) is 0.451. The SMILES string of the molecule is Cc1cnccc1-c1cc[nH]c(=O)c1NC(=O)c1nc(-c2c(F)cccc2F)ccc1N. The van der Waals surface area contributed by atoms with Crippen LogP contribution in [0.2, 0.25) is 0 Å². The van der Waals surface area contributed by atoms with Crippen molar-refractivity contribution in [3.05, 3.63) is 94.3 Å². The van der Waals surface area contributed by atoms with Crippen molar-refractivity contribution < 1.29 is 13.6 Å². The summed E-state index contributed by atoms with van der Waals surface area (Å²) < 4.78 is 28.4. The molecule has 0 radical (unpaired) electrons. The molecule has 0 atom stereocenters. The molecule has 0 spiro atoms. The number of hydrogen-bond acceptors (Lipinski definition) is 5. The van der Waals surface area contributed by atoms with Crippen molar-refractivity contribution in [2.24, 2.45) is 0 Å². The predicted octanol–water partition coefficient (Wildman–Crippen LogP) is 3.92. The summed E-state index contributed by atoms with van der Waals surface area (Å²) in [5, 5.41) is 2.54. The number of nitrogens with zero attached hydrogens (tertiary/aromatic N) is 2. The number of nitrogen functional groups attached to an aromatic ring is 1. The zero-order valence-corrected chi connectivity index (χ0v) is 16.8. The minimum Gasteiger partial charge on any atom is -0.397 e. The minimum atomic E-state index is -0.830. The van der Waals surface area contributed by atoms with Gasteiger partial charge < -0.3 is 16.0 Å². The van der Waals surface area contributed by atoms with E-state index in [1.165, 1.54) is 24.4 Å². The molecule has 0 saturated carbocycles. The average Bonchev–Trinajstić information content (AvgIpc) is 2.76. The molecule has 0 aliphatic heterocycles. The maximum atomic E-state index is 14.2. The fourth-order valence-corrected chi connectivity index (χ4v) is 3.31. The molecule has 0 unspecified atom stereocenters. The number of carbonyl (C=O) groups excluding carboxylic acids is 1. The molecule has 9 heteroatoms. The Labute approximate surface area is 181 Å². The van der Waals surface area contributed by atoms with E-state index in [2.05, 4.69) is 20.3 Å². The van der Waals surface area contributed by atoms with E-state index in [1.807, 2.05) is 6.92 Å². The van der Waals surface area contributed by atoms with Gasteiger partial charge >= 0.3 is 0 Å². The largest absolute Gasteiger partial charge is 0.397 e. The Morgan fingerprint density at radius 3 is 2.53 bits per heavy atom. The first-order chi connectivity index (χ1) is 15.4. The number of rotatable bonds is 4. The number of halogens is 2. The summed E-state index contributed by atoms with van der Waals surface area (Å²) >= 11 is 0. The van der Waals surface area contributed by atoms with E-state index >= 15 is 0 Å². The Hall–Kier alpha value is -4.40. The molecule has 0 bridgehead atoms. The van der Waals surface area contributed by atoms with Crippen LogP contribution in [-0.4, -0.2) is 20.9 Å². The summed E-state index contributed by atoms with van der Waals surface area (Å²) in [6, 6.07) is 9.39. The molecule has 4 N–H and O–H groups in total. The first-order valence-corrected chi connectivity index (χ1v) is 9.51. The number of carbonyl (C=O) groups is 1. The lowest BCUT2D eigenvalue weighted by Gasteiger charge is -2.13. The van der Waals surface area contributed by atoms with Crippen molar-refractivity contribution >= 4 is 17.3 Å². The van der Waals surface area contributed by atoms with Crippen LogP contribution in [0.3, 0.4) is 0 Å². The summed E-state index contributed by atoms with van der Waals surface area (Å²) in [7, 11) is 0. The summed E-state index contributed by atoms with van der Waals surface area (Å²) in [5.41, 5.74) is 6.53. The second kappa shape index (κ2) is 8.38. The molecule has 7 nitrogen and oxygen atoms in total. The van der Waals surface area contributed by atoms with Gasteiger partial charge in [0, 0.05) is 24.2 Å². The number of aryl methyl sites for hydroxylation is 1. The van der Waals surface area contributed by atoms with Gasteiger partial charge in [0.25, 0.3) is 11.5 Å². The summed E-state index contributed by atoms with van der Waals surface area (Å²) in [5.74, 6) is -2.46. The van der Waals surface area contributed by atoms with Crippen LogP contribution >= 0.6 is 0 Å². The number of benzene rings is 1. The number of hydrogen-bond donors (Lipinski definition) is 3. The van der Waals surface area contributed by atoms with Crippen LogP contribution in [-0.2, 0) is 0 Å². The van der Waals surface area contributed by atoms with E-state index in [9.17, 15) is 18.4 Å². The van der Waals surface area contributed by atoms with Crippen molar-refractivity contribution in [1.29, 1.82) is 0 Å². The van der Waals surface area contributed by atoms with Crippen molar-refractivity contribution in [1.82, 2.24) is 15.0 Å². The van der Waals surface area contributed by atoms with Crippen LogP contribution in [0.25, 0.3) is 22.4 Å². The Kier molecular flexibility index (Phi) is 5.46. The van der Waals surface area contributed by atoms with Crippen molar-refractivity contribution in [2.45, 2.75) is 6.92 Å². The van der Waals surface area contributed by atoms with Gasteiger partial charge in [-0.25, -0.2) is 13.8 Å². The molecular weight excluding hydrogens is 416 g/mol. The molecule has 0 aliphatic rings. The van der Waals surface area contributed by atoms with Crippen LogP contribution in [0.15, 0.2) is 65.8 Å². The van der Waals surface area contributed by atoms with Gasteiger partial charge in [-0.3, -0.25) is 14.6 Å². The number of nitrogens with one attached hydrogen (secondary N) is 2. The Morgan fingerprint density at radius 1 is 1.06 bits per heavy atom. The van der Waals surface area contributed by atoms with Gasteiger partial charge in [0.05, 0.1) is 16.9 Å². The van der Waals surface area contributed by atoms with Gasteiger partial charge in [0.15, 0.2) is 5.69 Å². The number of aromatic nitrogens is 3. The van der Waals surface area contributed by atoms with Gasteiger partial charge in [0.1, 0.15) is 17.3 Å². The van der Waals surface area contributed by atoms with E-state index in [4.69, 9.17) is 5.73 Å². The van der Waals surface area contributed by atoms with Crippen molar-refractivity contribution in [3.63, 3.8) is 0 Å². The normalized spacial score (nSPS) is 10.7. The van der Waals surface area contributed by atoms with Gasteiger partial charge in [-0.2, -0.15) is 0 Å². The van der Waals surface area contributed by atoms with Crippen molar-refractivity contribution in [2.75, 3.05) is 11.1 Å². The first kappa shape index (κ1) is 20.9. The van der Waals surface area contributed by atoms with Gasteiger partial charge in [-0.05, 0) is 54.4 Å². The zero-order chi connectivity index (χ0) is 22.8. The monoisotopic (exact) mass is 433 g/mol. The second-order valence-corrected chi connectivity index (χ2v) is 6.97. The molecule has 1 amide bonds. The highest BCUT2D eigenvalue weighted by atomic mass is 19.1. The number of H-pyrrole nitrogens is 1. The Morgan fingerprint density at radius 2 is 1.81 bits per heavy atom. The van der Waals surface area contributed by atoms with Crippen LogP contribution in [0.1, 0.15) is 16.1 Å². The smallest absolute Gasteiger partial charge is 0.276 e. The molecule has 4 rings (SSSR count). The van der Waals surface area contributed by atoms with Crippen LogP contribution < -0.4 is 16.6 Å². The van der Waals surface area contributed by atoms with Crippen molar-refractivity contribution in [3.8, 4) is 22.4 Å². The van der Waals surface area contributed by atoms with Gasteiger partial charge in [-0.1, -0.05) is 6.07 Å². The summed E-state index contributed by atoms with van der Waals surface area (Å²) in [6.45, 7) is 1.82. The van der Waals surface area contributed by atoms with E-state index in [1.54, 1.807) is 24.5 Å². The molecule has 0 saturated heterocycles. The van der Waals surface area contributed by atoms with E-state index in [0.717, 1.165) is 17.7 Å². The molecule has 3 aromatic heterocycles. The lowest BCUT2D eigenvalue weighted by Crippen LogP contribution is -2.22. The minimum absolute atomic E-state index is 0.0167. The third-order valence-electron chi connectivity index (χ3n) is 4.87. The summed E-state index contributed by atoms with van der Waals surface area (Å²) in [4.78, 5) is 36.1. The molecular formula is C23H17F2N5O2. The lowest BCUT2D eigenvalue weighted by molar-refractivity contribution is 0.102. The molecule has 0 aliphatic carbocycles. The molecule has 160 valence electrons. The van der Waals surface area contributed by atoms with Crippen LogP contribution in [0, 0.1) is 18.6 Å². The number of anilines is 2. The van der Waals surface area contributed by atoms with Gasteiger partial charge in [-0.15, -0.1) is 0 Å². The third-order valence-corrected chi connectivity index (χ3v) is 4.87. The highest BCUT2D eigenvalue weighted by molar-refractivity contribution is 6.08. The second-order valence-electron chi connectivity index (χ2n) is 6.97. The van der Waals surface area contributed by atoms with Gasteiger partial charge in [0.2, 0.25) is 0 Å². The highest BCUT2D eigenvalue weighted by Gasteiger charge is 2.20. The number of aromatic amines is 1. The number of amides is 1. The van der Waals surface area contributed by atoms with Crippen LogP contribution in [0.5, 0.6) is 0 Å². The first-order valence-electron chi connectivity index (χ1n) is 9.51. The zero-order valence-electron chi connectivity index (χ0n) is 16.8. The van der Waals surface area contributed by atoms with E-state index < -0.39 is 23.1 Å². The fraction of sp³-hybridized carbons (Fsp3) is 0.0435. The highest BCUT2D eigenvalue weighted by Crippen LogP contribution is 2.29. The van der Waals surface area contributed by atoms with E-state index in [0.29, 0.717) is 11.1 Å².